The van der Waals surface area contributed by atoms with E-state index in [0.29, 0.717) is 12.1 Å². The van der Waals surface area contributed by atoms with Gasteiger partial charge in [0.25, 0.3) is 0 Å². The van der Waals surface area contributed by atoms with E-state index in [2.05, 4.69) is 17.6 Å². The van der Waals surface area contributed by atoms with Gasteiger partial charge in [0.1, 0.15) is 11.4 Å². The van der Waals surface area contributed by atoms with Crippen LogP contribution in [0.3, 0.4) is 0 Å². The van der Waals surface area contributed by atoms with E-state index in [1.807, 2.05) is 33.8 Å². The first-order valence-electron chi connectivity index (χ1n) is 8.70. The van der Waals surface area contributed by atoms with Gasteiger partial charge in [0, 0.05) is 24.2 Å². The van der Waals surface area contributed by atoms with E-state index < -0.39 is 11.7 Å². The van der Waals surface area contributed by atoms with Crippen molar-refractivity contribution in [1.82, 2.24) is 10.6 Å². The maximum atomic E-state index is 13.9. The van der Waals surface area contributed by atoms with Gasteiger partial charge in [-0.2, -0.15) is 0 Å². The summed E-state index contributed by atoms with van der Waals surface area (Å²) in [5, 5.41) is 6.22. The van der Waals surface area contributed by atoms with Gasteiger partial charge < -0.3 is 15.4 Å². The van der Waals surface area contributed by atoms with Crippen molar-refractivity contribution in [1.29, 1.82) is 0 Å². The summed E-state index contributed by atoms with van der Waals surface area (Å²) >= 11 is 0. The largest absolute Gasteiger partial charge is 0.444 e. The van der Waals surface area contributed by atoms with Gasteiger partial charge in [0.2, 0.25) is 0 Å². The number of hydrogen-bond acceptors (Lipinski definition) is 3. The third-order valence-corrected chi connectivity index (χ3v) is 3.66. The number of unbranched alkanes of at least 4 members (excludes halogenated alkanes) is 1. The summed E-state index contributed by atoms with van der Waals surface area (Å²) in [6.07, 6.45) is 2.59. The number of nitrogens with one attached hydrogen (secondary N) is 2. The molecule has 0 spiro atoms. The lowest BCUT2D eigenvalue weighted by atomic mass is 10.0. The molecule has 1 aromatic carbocycles. The SMILES string of the molecule is CCCCC(CNC(=O)OC(C)(C)C)NC(C)c1ccccc1F. The lowest BCUT2D eigenvalue weighted by Gasteiger charge is -2.25. The van der Waals surface area contributed by atoms with Crippen LogP contribution in [0, 0.1) is 5.82 Å². The fourth-order valence-corrected chi connectivity index (χ4v) is 2.49. The highest BCUT2D eigenvalue weighted by Gasteiger charge is 2.19. The van der Waals surface area contributed by atoms with Crippen LogP contribution in [-0.4, -0.2) is 24.3 Å². The minimum atomic E-state index is -0.517. The average Bonchev–Trinajstić information content (AvgIpc) is 2.48. The zero-order valence-corrected chi connectivity index (χ0v) is 15.5. The molecule has 0 aliphatic rings. The van der Waals surface area contributed by atoms with Crippen LogP contribution in [0.2, 0.25) is 0 Å². The van der Waals surface area contributed by atoms with Gasteiger partial charge in [-0.3, -0.25) is 0 Å². The van der Waals surface area contributed by atoms with Crippen LogP contribution in [0.15, 0.2) is 24.3 Å². The van der Waals surface area contributed by atoms with E-state index >= 15 is 0 Å². The fourth-order valence-electron chi connectivity index (χ4n) is 2.49. The van der Waals surface area contributed by atoms with Gasteiger partial charge in [-0.05, 0) is 40.2 Å². The summed E-state index contributed by atoms with van der Waals surface area (Å²) < 4.78 is 19.2. The van der Waals surface area contributed by atoms with E-state index in [1.54, 1.807) is 12.1 Å². The number of alkyl carbamates (subject to hydrolysis) is 1. The van der Waals surface area contributed by atoms with Gasteiger partial charge in [-0.15, -0.1) is 0 Å². The number of hydrogen-bond donors (Lipinski definition) is 2. The molecule has 4 nitrogen and oxygen atoms in total. The predicted molar refractivity (Wildman–Crippen MR) is 95.5 cm³/mol. The molecule has 0 fully saturated rings. The lowest BCUT2D eigenvalue weighted by molar-refractivity contribution is 0.0521. The van der Waals surface area contributed by atoms with Crippen LogP contribution in [0.25, 0.3) is 0 Å². The smallest absolute Gasteiger partial charge is 0.407 e. The van der Waals surface area contributed by atoms with Crippen LogP contribution < -0.4 is 10.6 Å². The lowest BCUT2D eigenvalue weighted by Crippen LogP contribution is -2.43. The number of ether oxygens (including phenoxy) is 1. The second-order valence-electron chi connectivity index (χ2n) is 7.13. The minimum Gasteiger partial charge on any atom is -0.444 e. The molecule has 5 heteroatoms. The quantitative estimate of drug-likeness (QED) is 0.730. The van der Waals surface area contributed by atoms with Gasteiger partial charge in [-0.25, -0.2) is 9.18 Å². The zero-order chi connectivity index (χ0) is 18.2. The number of rotatable bonds is 8. The molecular formula is C19H31FN2O2. The van der Waals surface area contributed by atoms with E-state index in [1.165, 1.54) is 6.07 Å². The Kier molecular flexibility index (Phi) is 8.19. The third kappa shape index (κ3) is 7.77. The van der Waals surface area contributed by atoms with Crippen LogP contribution in [0.5, 0.6) is 0 Å². The molecule has 136 valence electrons. The van der Waals surface area contributed by atoms with E-state index in [-0.39, 0.29) is 17.9 Å². The highest BCUT2D eigenvalue weighted by atomic mass is 19.1. The molecule has 0 aliphatic heterocycles. The second-order valence-corrected chi connectivity index (χ2v) is 7.13. The molecule has 1 amide bonds. The molecule has 2 unspecified atom stereocenters. The van der Waals surface area contributed by atoms with Crippen molar-refractivity contribution >= 4 is 6.09 Å². The first-order valence-corrected chi connectivity index (χ1v) is 8.70. The third-order valence-electron chi connectivity index (χ3n) is 3.66. The summed E-state index contributed by atoms with van der Waals surface area (Å²) in [7, 11) is 0. The molecule has 0 aliphatic carbocycles. The van der Waals surface area contributed by atoms with Crippen molar-refractivity contribution in [3.63, 3.8) is 0 Å². The standard InChI is InChI=1S/C19H31FN2O2/c1-6-7-10-15(13-21-18(23)24-19(3,4)5)22-14(2)16-11-8-9-12-17(16)20/h8-9,11-12,14-15,22H,6-7,10,13H2,1-5H3,(H,21,23). The maximum Gasteiger partial charge on any atom is 0.407 e. The fraction of sp³-hybridized carbons (Fsp3) is 0.632. The van der Waals surface area contributed by atoms with E-state index in [0.717, 1.165) is 19.3 Å². The average molecular weight is 338 g/mol. The number of benzene rings is 1. The van der Waals surface area contributed by atoms with Crippen molar-refractivity contribution in [2.75, 3.05) is 6.54 Å². The number of carbonyl (C=O) groups is 1. The Morgan fingerprint density at radius 3 is 2.54 bits per heavy atom. The Morgan fingerprint density at radius 2 is 1.96 bits per heavy atom. The van der Waals surface area contributed by atoms with Gasteiger partial charge in [-0.1, -0.05) is 38.0 Å². The summed E-state index contributed by atoms with van der Waals surface area (Å²) in [6.45, 7) is 10.0. The number of amides is 1. The van der Waals surface area contributed by atoms with Gasteiger partial charge >= 0.3 is 6.09 Å². The molecule has 24 heavy (non-hydrogen) atoms. The molecule has 0 heterocycles. The van der Waals surface area contributed by atoms with E-state index in [4.69, 9.17) is 4.74 Å². The highest BCUT2D eigenvalue weighted by molar-refractivity contribution is 5.67. The monoisotopic (exact) mass is 338 g/mol. The van der Waals surface area contributed by atoms with Crippen LogP contribution in [-0.2, 0) is 4.74 Å². The van der Waals surface area contributed by atoms with Crippen LogP contribution in [0.4, 0.5) is 9.18 Å². The molecule has 0 saturated carbocycles. The first kappa shape index (κ1) is 20.4. The first-order chi connectivity index (χ1) is 11.2. The van der Waals surface area contributed by atoms with Crippen molar-refractivity contribution in [3.05, 3.63) is 35.6 Å². The van der Waals surface area contributed by atoms with E-state index in [9.17, 15) is 9.18 Å². The molecule has 2 atom stereocenters. The maximum absolute atomic E-state index is 13.9. The Hall–Kier alpha value is -1.62. The molecule has 0 radical (unpaired) electrons. The number of carbonyl (C=O) groups excluding carboxylic acids is 1. The minimum absolute atomic E-state index is 0.0621. The Morgan fingerprint density at radius 1 is 1.29 bits per heavy atom. The van der Waals surface area contributed by atoms with Crippen molar-refractivity contribution in [3.8, 4) is 0 Å². The second kappa shape index (κ2) is 9.62. The summed E-state index contributed by atoms with van der Waals surface area (Å²) in [6, 6.07) is 6.69. The van der Waals surface area contributed by atoms with Crippen LogP contribution >= 0.6 is 0 Å². The highest BCUT2D eigenvalue weighted by Crippen LogP contribution is 2.17. The Bertz CT molecular complexity index is 514. The molecule has 1 rings (SSSR count). The number of halogens is 1. The molecule has 0 saturated heterocycles. The Labute approximate surface area is 145 Å². The van der Waals surface area contributed by atoms with Crippen molar-refractivity contribution in [2.24, 2.45) is 0 Å². The molecule has 2 N–H and O–H groups in total. The normalized spacial score (nSPS) is 14.1. The summed E-state index contributed by atoms with van der Waals surface area (Å²) in [5.74, 6) is -0.216. The summed E-state index contributed by atoms with van der Waals surface area (Å²) in [5.41, 5.74) is 0.118. The van der Waals surface area contributed by atoms with Crippen molar-refractivity contribution < 1.29 is 13.9 Å². The van der Waals surface area contributed by atoms with Gasteiger partial charge in [0.15, 0.2) is 0 Å². The molecule has 0 bridgehead atoms. The summed E-state index contributed by atoms with van der Waals surface area (Å²) in [4.78, 5) is 11.8. The Balaban J connectivity index is 2.61. The molecular weight excluding hydrogens is 307 g/mol. The molecule has 0 aromatic heterocycles. The zero-order valence-electron chi connectivity index (χ0n) is 15.5. The predicted octanol–water partition coefficient (Wildman–Crippen LogP) is 4.56. The molecule has 1 aromatic rings. The van der Waals surface area contributed by atoms with Crippen molar-refractivity contribution in [2.45, 2.75) is 71.6 Å². The van der Waals surface area contributed by atoms with Gasteiger partial charge in [0.05, 0.1) is 0 Å². The topological polar surface area (TPSA) is 50.4 Å². The van der Waals surface area contributed by atoms with Crippen LogP contribution in [0.1, 0.15) is 65.5 Å².